The molecule has 0 saturated heterocycles. The van der Waals surface area contributed by atoms with E-state index in [0.29, 0.717) is 69.8 Å². The number of benzene rings is 2. The van der Waals surface area contributed by atoms with Crippen molar-refractivity contribution < 1.29 is 74.8 Å². The van der Waals surface area contributed by atoms with Crippen LogP contribution in [0.15, 0.2) is 61.7 Å². The fourth-order valence-corrected chi connectivity index (χ4v) is 8.60. The molecule has 2 unspecified atom stereocenters. The highest BCUT2D eigenvalue weighted by Gasteiger charge is 2.39. The van der Waals surface area contributed by atoms with Crippen LogP contribution in [0.3, 0.4) is 0 Å². The fourth-order valence-electron chi connectivity index (χ4n) is 8.60. The van der Waals surface area contributed by atoms with Gasteiger partial charge in [-0.05, 0) is 118 Å². The van der Waals surface area contributed by atoms with Gasteiger partial charge in [0.1, 0.15) is 23.6 Å². The zero-order valence-electron chi connectivity index (χ0n) is 49.8. The maximum Gasteiger partial charge on any atom is 0.490 e. The van der Waals surface area contributed by atoms with Crippen molar-refractivity contribution in [2.24, 2.45) is 11.5 Å². The van der Waals surface area contributed by atoms with E-state index in [9.17, 15) is 45.5 Å². The Hall–Kier alpha value is -6.16. The van der Waals surface area contributed by atoms with E-state index in [2.05, 4.69) is 48.3 Å². The van der Waals surface area contributed by atoms with Crippen molar-refractivity contribution in [3.05, 3.63) is 72.8 Å². The first-order valence-electron chi connectivity index (χ1n) is 30.0. The number of hydrogen-bond acceptors (Lipinski definition) is 10. The molecule has 0 bridgehead atoms. The molecule has 0 fully saturated rings. The maximum atomic E-state index is 13.4. The SMILES string of the molecule is C=CCc1ccc(OCC(=O)NC(CCCCN)C(=O)NCCCCCCCCCCCC)c(-c2ccc(OCC(=O)NC(CCCCN)C(=O)NCCCCCCCCCCCC)c(CC=C)c2)c1.O=C(O)C(F)(F)F.O=C(O)C(F)(F)F. The van der Waals surface area contributed by atoms with E-state index in [1.54, 1.807) is 6.08 Å². The number of nitrogens with two attached hydrogens (primary N) is 2. The zero-order valence-corrected chi connectivity index (χ0v) is 49.8. The summed E-state index contributed by atoms with van der Waals surface area (Å²) in [6.07, 6.45) is 22.8. The minimum atomic E-state index is -5.08. The first kappa shape index (κ1) is 77.8. The Bertz CT molecular complexity index is 2160. The summed E-state index contributed by atoms with van der Waals surface area (Å²) in [5, 5.41) is 26.2. The molecule has 2 aromatic carbocycles. The average Bonchev–Trinajstić information content (AvgIpc) is 3.65. The number of ether oxygens (including phenoxy) is 2. The number of carboxylic acid groups (broad SMARTS) is 2. The standard InChI is InChI=1S/C58H96N6O6.2C2HF3O2/c1-5-9-11-13-15-17-19-21-23-29-41-61-57(67)51(33-25-27-39-59)63-55(65)45-69-53-38-36-48(44-49(53)32-8-4)50-43-47(31-7-3)35-37-54(50)70-46-56(66)64-52(34-26-28-40-60)58(68)62-42-30-24-22-20-18-16-14-12-10-6-2;2*3-2(4,5)1(6)7/h7-8,35-38,43-44,51-52H,3-6,9-34,39-42,45-46,59-60H2,1-2H3,(H,61,67)(H,62,68)(H,63,65)(H,64,66);2*(H,6,7). The van der Waals surface area contributed by atoms with Crippen LogP contribution >= 0.6 is 0 Å². The number of aliphatic carboxylic acids is 2. The number of carbonyl (C=O) groups is 6. The minimum Gasteiger partial charge on any atom is -0.483 e. The molecular formula is C62H98F6N6O10. The van der Waals surface area contributed by atoms with E-state index < -0.39 is 42.3 Å². The average molecular weight is 1200 g/mol. The normalized spacial score (nSPS) is 11.8. The van der Waals surface area contributed by atoms with Crippen molar-refractivity contribution in [2.45, 2.75) is 218 Å². The van der Waals surface area contributed by atoms with Gasteiger partial charge < -0.3 is 52.4 Å². The Balaban J connectivity index is 0.00000434. The van der Waals surface area contributed by atoms with Crippen LogP contribution in [0, 0.1) is 0 Å². The topological polar surface area (TPSA) is 262 Å². The predicted octanol–water partition coefficient (Wildman–Crippen LogP) is 12.1. The second kappa shape index (κ2) is 48.1. The lowest BCUT2D eigenvalue weighted by Gasteiger charge is -2.20. The fraction of sp³-hybridized carbons (Fsp3) is 0.645. The highest BCUT2D eigenvalue weighted by atomic mass is 19.4. The third-order valence-electron chi connectivity index (χ3n) is 13.2. The van der Waals surface area contributed by atoms with Gasteiger partial charge in [0.05, 0.1) is 0 Å². The number of halogens is 6. The van der Waals surface area contributed by atoms with Crippen molar-refractivity contribution >= 4 is 35.6 Å². The zero-order chi connectivity index (χ0) is 63.0. The molecular weight excluding hydrogens is 1100 g/mol. The molecule has 478 valence electrons. The first-order valence-corrected chi connectivity index (χ1v) is 30.0. The van der Waals surface area contributed by atoms with Gasteiger partial charge >= 0.3 is 24.3 Å². The highest BCUT2D eigenvalue weighted by Crippen LogP contribution is 2.35. The molecule has 16 nitrogen and oxygen atoms in total. The van der Waals surface area contributed by atoms with Crippen molar-refractivity contribution in [3.63, 3.8) is 0 Å². The summed E-state index contributed by atoms with van der Waals surface area (Å²) in [5.41, 5.74) is 14.9. The van der Waals surface area contributed by atoms with E-state index in [1.165, 1.54) is 103 Å². The van der Waals surface area contributed by atoms with Crippen LogP contribution in [-0.2, 0) is 41.6 Å². The number of rotatable bonds is 45. The van der Waals surface area contributed by atoms with Crippen LogP contribution in [0.25, 0.3) is 11.1 Å². The number of unbranched alkanes of at least 4 members (excludes halogenated alkanes) is 20. The lowest BCUT2D eigenvalue weighted by molar-refractivity contribution is -0.193. The van der Waals surface area contributed by atoms with Gasteiger partial charge in [0.2, 0.25) is 11.8 Å². The number of allylic oxidation sites excluding steroid dienone is 2. The van der Waals surface area contributed by atoms with Gasteiger partial charge in [-0.15, -0.1) is 13.2 Å². The molecule has 0 saturated carbocycles. The molecule has 0 spiro atoms. The Morgan fingerprint density at radius 2 is 0.893 bits per heavy atom. The first-order chi connectivity index (χ1) is 40.1. The number of alkyl halides is 6. The number of carbonyl (C=O) groups excluding carboxylic acids is 4. The smallest absolute Gasteiger partial charge is 0.483 e. The Kier molecular flexibility index (Phi) is 44.6. The summed E-state index contributed by atoms with van der Waals surface area (Å²) in [5.74, 6) is -5.66. The molecule has 0 aliphatic heterocycles. The number of hydrogen-bond donors (Lipinski definition) is 8. The van der Waals surface area contributed by atoms with E-state index in [0.717, 1.165) is 67.2 Å². The van der Waals surface area contributed by atoms with E-state index in [4.69, 9.17) is 40.7 Å². The van der Waals surface area contributed by atoms with Gasteiger partial charge in [-0.2, -0.15) is 26.3 Å². The molecule has 0 radical (unpaired) electrons. The van der Waals surface area contributed by atoms with Crippen molar-refractivity contribution in [1.29, 1.82) is 0 Å². The van der Waals surface area contributed by atoms with Gasteiger partial charge in [0, 0.05) is 18.7 Å². The third kappa shape index (κ3) is 39.4. The molecule has 0 heterocycles. The molecule has 2 atom stereocenters. The number of nitrogens with one attached hydrogen (secondary N) is 4. The molecule has 84 heavy (non-hydrogen) atoms. The van der Waals surface area contributed by atoms with Crippen LogP contribution in [0.1, 0.15) is 192 Å². The molecule has 2 aromatic rings. The van der Waals surface area contributed by atoms with Gasteiger partial charge in [-0.25, -0.2) is 9.59 Å². The molecule has 10 N–H and O–H groups in total. The van der Waals surface area contributed by atoms with Crippen LogP contribution in [-0.4, -0.2) is 110 Å². The Labute approximate surface area is 494 Å². The van der Waals surface area contributed by atoms with Crippen LogP contribution < -0.4 is 42.2 Å². The van der Waals surface area contributed by atoms with E-state index >= 15 is 0 Å². The van der Waals surface area contributed by atoms with Crippen molar-refractivity contribution in [1.82, 2.24) is 21.3 Å². The largest absolute Gasteiger partial charge is 0.490 e. The van der Waals surface area contributed by atoms with Crippen LogP contribution in [0.5, 0.6) is 11.5 Å². The molecule has 2 rings (SSSR count). The Morgan fingerprint density at radius 1 is 0.524 bits per heavy atom. The van der Waals surface area contributed by atoms with E-state index in [1.807, 2.05) is 42.5 Å². The lowest BCUT2D eigenvalue weighted by atomic mass is 9.97. The van der Waals surface area contributed by atoms with Crippen LogP contribution in [0.2, 0.25) is 0 Å². The Morgan fingerprint density at radius 3 is 1.26 bits per heavy atom. The summed E-state index contributed by atoms with van der Waals surface area (Å²) in [4.78, 5) is 71.1. The van der Waals surface area contributed by atoms with E-state index in [-0.39, 0.29) is 30.9 Å². The summed E-state index contributed by atoms with van der Waals surface area (Å²) in [7, 11) is 0. The molecule has 0 aromatic heterocycles. The number of amides is 4. The molecule has 4 amide bonds. The van der Waals surface area contributed by atoms with Gasteiger partial charge in [-0.1, -0.05) is 154 Å². The van der Waals surface area contributed by atoms with Crippen molar-refractivity contribution in [2.75, 3.05) is 39.4 Å². The second-order valence-corrected chi connectivity index (χ2v) is 20.6. The highest BCUT2D eigenvalue weighted by molar-refractivity contribution is 5.89. The summed E-state index contributed by atoms with van der Waals surface area (Å²) in [6.45, 7) is 14.0. The quantitative estimate of drug-likeness (QED) is 0.0175. The lowest BCUT2D eigenvalue weighted by Crippen LogP contribution is -2.48. The predicted molar refractivity (Wildman–Crippen MR) is 317 cm³/mol. The molecule has 0 aliphatic rings. The molecule has 0 aliphatic carbocycles. The maximum absolute atomic E-state index is 13.4. The summed E-state index contributed by atoms with van der Waals surface area (Å²) in [6, 6.07) is 10.1. The minimum absolute atomic E-state index is 0.185. The second-order valence-electron chi connectivity index (χ2n) is 20.6. The van der Waals surface area contributed by atoms with Gasteiger partial charge in [0.25, 0.3) is 11.8 Å². The third-order valence-corrected chi connectivity index (χ3v) is 13.2. The van der Waals surface area contributed by atoms with Crippen LogP contribution in [0.4, 0.5) is 26.3 Å². The number of carboxylic acids is 2. The van der Waals surface area contributed by atoms with Crippen molar-refractivity contribution in [3.8, 4) is 22.6 Å². The monoisotopic (exact) mass is 1200 g/mol. The summed E-state index contributed by atoms with van der Waals surface area (Å²) >= 11 is 0. The van der Waals surface area contributed by atoms with Gasteiger partial charge in [0.15, 0.2) is 13.2 Å². The van der Waals surface area contributed by atoms with Gasteiger partial charge in [-0.3, -0.25) is 19.2 Å². The molecule has 22 heteroatoms. The summed E-state index contributed by atoms with van der Waals surface area (Å²) < 4.78 is 75.8.